The fraction of sp³-hybridized carbons (Fsp3) is 0.769. The van der Waals surface area contributed by atoms with Gasteiger partial charge in [0.1, 0.15) is 5.82 Å². The number of ether oxygens (including phenoxy) is 1. The van der Waals surface area contributed by atoms with Gasteiger partial charge in [0, 0.05) is 38.1 Å². The molecule has 1 saturated heterocycles. The van der Waals surface area contributed by atoms with Crippen LogP contribution in [0.1, 0.15) is 25.6 Å². The molecule has 2 N–H and O–H groups in total. The monoisotopic (exact) mass is 250 g/mol. The maximum atomic E-state index is 5.99. The summed E-state index contributed by atoms with van der Waals surface area (Å²) in [5.74, 6) is 1.14. The van der Waals surface area contributed by atoms with Crippen LogP contribution >= 0.6 is 0 Å². The van der Waals surface area contributed by atoms with Gasteiger partial charge in [-0.15, -0.1) is 0 Å². The van der Waals surface area contributed by atoms with E-state index in [0.29, 0.717) is 24.8 Å². The Morgan fingerprint density at radius 2 is 2.39 bits per heavy atom. The van der Waals surface area contributed by atoms with Crippen molar-refractivity contribution < 1.29 is 4.74 Å². The molecule has 5 nitrogen and oxygen atoms in total. The Balaban J connectivity index is 1.70. The lowest BCUT2D eigenvalue weighted by molar-refractivity contribution is -0.0124. The van der Waals surface area contributed by atoms with E-state index in [4.69, 9.17) is 10.5 Å². The summed E-state index contributed by atoms with van der Waals surface area (Å²) in [6.45, 7) is 5.76. The summed E-state index contributed by atoms with van der Waals surface area (Å²) in [6.07, 6.45) is 6.91. The maximum absolute atomic E-state index is 5.99. The summed E-state index contributed by atoms with van der Waals surface area (Å²) in [5.41, 5.74) is 5.98. The highest BCUT2D eigenvalue weighted by Gasteiger charge is 2.34. The average Bonchev–Trinajstić information content (AvgIpc) is 2.99. The van der Waals surface area contributed by atoms with Crippen molar-refractivity contribution in [3.8, 4) is 0 Å². The Kier molecular flexibility index (Phi) is 3.37. The zero-order chi connectivity index (χ0) is 12.5. The Labute approximate surface area is 108 Å². The molecule has 1 aromatic rings. The van der Waals surface area contributed by atoms with Gasteiger partial charge in [-0.05, 0) is 19.8 Å². The molecule has 0 saturated carbocycles. The SMILES string of the molecule is CC1CCC(C(CN)N2CCn3ccnc3C2)O1. The number of imidazole rings is 1. The molecule has 2 aliphatic rings. The molecular formula is C13H22N4O. The number of hydrogen-bond donors (Lipinski definition) is 1. The molecule has 100 valence electrons. The maximum Gasteiger partial charge on any atom is 0.122 e. The molecule has 3 unspecified atom stereocenters. The van der Waals surface area contributed by atoms with Gasteiger partial charge in [-0.2, -0.15) is 0 Å². The van der Waals surface area contributed by atoms with Crippen LogP contribution in [-0.4, -0.2) is 45.8 Å². The minimum absolute atomic E-state index is 0.298. The van der Waals surface area contributed by atoms with E-state index in [-0.39, 0.29) is 0 Å². The van der Waals surface area contributed by atoms with Gasteiger partial charge in [0.25, 0.3) is 0 Å². The molecule has 3 atom stereocenters. The molecule has 3 rings (SSSR count). The number of fused-ring (bicyclic) bond motifs is 1. The van der Waals surface area contributed by atoms with E-state index in [2.05, 4.69) is 27.6 Å². The van der Waals surface area contributed by atoms with Crippen molar-refractivity contribution in [2.24, 2.45) is 5.73 Å². The molecule has 5 heteroatoms. The zero-order valence-electron chi connectivity index (χ0n) is 11.0. The van der Waals surface area contributed by atoms with E-state index in [9.17, 15) is 0 Å². The molecule has 0 aromatic carbocycles. The average molecular weight is 250 g/mol. The number of nitrogens with two attached hydrogens (primary N) is 1. The molecule has 0 amide bonds. The minimum atomic E-state index is 0.298. The molecule has 2 aliphatic heterocycles. The van der Waals surface area contributed by atoms with Gasteiger partial charge in [0.2, 0.25) is 0 Å². The van der Waals surface area contributed by atoms with E-state index in [0.717, 1.165) is 38.3 Å². The third kappa shape index (κ3) is 2.18. The van der Waals surface area contributed by atoms with Gasteiger partial charge in [0.05, 0.1) is 18.8 Å². The van der Waals surface area contributed by atoms with Crippen LogP contribution in [0.15, 0.2) is 12.4 Å². The van der Waals surface area contributed by atoms with Crippen molar-refractivity contribution in [3.05, 3.63) is 18.2 Å². The Morgan fingerprint density at radius 1 is 1.50 bits per heavy atom. The summed E-state index contributed by atoms with van der Waals surface area (Å²) >= 11 is 0. The first-order valence-electron chi connectivity index (χ1n) is 6.87. The Bertz CT molecular complexity index is 405. The van der Waals surface area contributed by atoms with Crippen molar-refractivity contribution >= 4 is 0 Å². The van der Waals surface area contributed by atoms with Crippen molar-refractivity contribution in [2.75, 3.05) is 13.1 Å². The van der Waals surface area contributed by atoms with Crippen LogP contribution in [0.2, 0.25) is 0 Å². The van der Waals surface area contributed by atoms with Gasteiger partial charge in [0.15, 0.2) is 0 Å². The summed E-state index contributed by atoms with van der Waals surface area (Å²) in [7, 11) is 0. The molecule has 0 aliphatic carbocycles. The lowest BCUT2D eigenvalue weighted by Gasteiger charge is -2.37. The second kappa shape index (κ2) is 4.99. The lowest BCUT2D eigenvalue weighted by Crippen LogP contribution is -2.51. The smallest absolute Gasteiger partial charge is 0.122 e. The van der Waals surface area contributed by atoms with Crippen molar-refractivity contribution in [1.82, 2.24) is 14.5 Å². The largest absolute Gasteiger partial charge is 0.374 e. The fourth-order valence-corrected chi connectivity index (χ4v) is 3.13. The van der Waals surface area contributed by atoms with Gasteiger partial charge in [-0.25, -0.2) is 4.98 Å². The highest BCUT2D eigenvalue weighted by atomic mass is 16.5. The molecule has 18 heavy (non-hydrogen) atoms. The van der Waals surface area contributed by atoms with Crippen molar-refractivity contribution in [2.45, 2.75) is 51.1 Å². The van der Waals surface area contributed by atoms with Crippen molar-refractivity contribution in [3.63, 3.8) is 0 Å². The van der Waals surface area contributed by atoms with E-state index >= 15 is 0 Å². The standard InChI is InChI=1S/C13H22N4O/c1-10-2-3-12(18-10)11(8-14)17-7-6-16-5-4-15-13(16)9-17/h4-5,10-12H,2-3,6-9,14H2,1H3. The lowest BCUT2D eigenvalue weighted by atomic mass is 10.1. The second-order valence-electron chi connectivity index (χ2n) is 5.37. The van der Waals surface area contributed by atoms with Crippen LogP contribution in [0.4, 0.5) is 0 Å². The van der Waals surface area contributed by atoms with Crippen LogP contribution in [-0.2, 0) is 17.8 Å². The Hall–Kier alpha value is -0.910. The summed E-state index contributed by atoms with van der Waals surface area (Å²) in [4.78, 5) is 6.84. The van der Waals surface area contributed by atoms with Crippen LogP contribution in [0.5, 0.6) is 0 Å². The predicted molar refractivity (Wildman–Crippen MR) is 69.0 cm³/mol. The third-order valence-electron chi connectivity index (χ3n) is 4.18. The van der Waals surface area contributed by atoms with Crippen LogP contribution in [0.25, 0.3) is 0 Å². The topological polar surface area (TPSA) is 56.3 Å². The van der Waals surface area contributed by atoms with E-state index < -0.39 is 0 Å². The van der Waals surface area contributed by atoms with E-state index in [1.807, 2.05) is 6.20 Å². The van der Waals surface area contributed by atoms with Gasteiger partial charge in [-0.3, -0.25) is 4.90 Å². The molecule has 0 bridgehead atoms. The van der Waals surface area contributed by atoms with Crippen LogP contribution in [0.3, 0.4) is 0 Å². The molecule has 0 radical (unpaired) electrons. The summed E-state index contributed by atoms with van der Waals surface area (Å²) in [6, 6.07) is 0.334. The van der Waals surface area contributed by atoms with Crippen LogP contribution < -0.4 is 5.73 Å². The summed E-state index contributed by atoms with van der Waals surface area (Å²) < 4.78 is 8.21. The number of nitrogens with zero attached hydrogens (tertiary/aromatic N) is 3. The van der Waals surface area contributed by atoms with E-state index in [1.54, 1.807) is 0 Å². The molecule has 1 aromatic heterocycles. The first kappa shape index (κ1) is 12.1. The van der Waals surface area contributed by atoms with Gasteiger partial charge >= 0.3 is 0 Å². The predicted octanol–water partition coefficient (Wildman–Crippen LogP) is 0.594. The zero-order valence-corrected chi connectivity index (χ0v) is 11.0. The third-order valence-corrected chi connectivity index (χ3v) is 4.18. The molecule has 0 spiro atoms. The second-order valence-corrected chi connectivity index (χ2v) is 5.37. The molecule has 3 heterocycles. The first-order chi connectivity index (χ1) is 8.78. The highest BCUT2D eigenvalue weighted by Crippen LogP contribution is 2.26. The number of hydrogen-bond acceptors (Lipinski definition) is 4. The fourth-order valence-electron chi connectivity index (χ4n) is 3.13. The van der Waals surface area contributed by atoms with Gasteiger partial charge < -0.3 is 15.0 Å². The minimum Gasteiger partial charge on any atom is -0.374 e. The quantitative estimate of drug-likeness (QED) is 0.853. The normalized spacial score (nSPS) is 30.3. The van der Waals surface area contributed by atoms with Crippen molar-refractivity contribution in [1.29, 1.82) is 0 Å². The Morgan fingerprint density at radius 3 is 3.11 bits per heavy atom. The summed E-state index contributed by atoms with van der Waals surface area (Å²) in [5, 5.41) is 0. The van der Waals surface area contributed by atoms with Crippen LogP contribution in [0, 0.1) is 0 Å². The number of aromatic nitrogens is 2. The molecule has 1 fully saturated rings. The van der Waals surface area contributed by atoms with Gasteiger partial charge in [-0.1, -0.05) is 0 Å². The highest BCUT2D eigenvalue weighted by molar-refractivity contribution is 4.98. The molecular weight excluding hydrogens is 228 g/mol. The van der Waals surface area contributed by atoms with E-state index in [1.165, 1.54) is 0 Å². The number of rotatable bonds is 3. The first-order valence-corrected chi connectivity index (χ1v) is 6.87.